The van der Waals surface area contributed by atoms with Crippen molar-refractivity contribution >= 4 is 45.3 Å². The average Bonchev–Trinajstić information content (AvgIpc) is 3.43. The van der Waals surface area contributed by atoms with Crippen LogP contribution in [0.4, 0.5) is 5.00 Å². The van der Waals surface area contributed by atoms with Crippen LogP contribution in [0.2, 0.25) is 0 Å². The Hall–Kier alpha value is -2.15. The third kappa shape index (κ3) is 4.10. The van der Waals surface area contributed by atoms with Gasteiger partial charge in [0.25, 0.3) is 0 Å². The van der Waals surface area contributed by atoms with Crippen LogP contribution >= 0.6 is 34.4 Å². The Bertz CT molecular complexity index is 1070. The van der Waals surface area contributed by atoms with Crippen molar-refractivity contribution in [2.75, 3.05) is 11.1 Å². The number of thioether (sulfide) groups is 1. The number of carbonyl (C=O) groups is 1. The van der Waals surface area contributed by atoms with Crippen molar-refractivity contribution in [3.05, 3.63) is 32.8 Å². The predicted molar refractivity (Wildman–Crippen MR) is 119 cm³/mol. The van der Waals surface area contributed by atoms with Gasteiger partial charge in [0.05, 0.1) is 11.3 Å². The summed E-state index contributed by atoms with van der Waals surface area (Å²) in [6.45, 7) is 4.22. The molecule has 1 N–H and O–H groups in total. The highest BCUT2D eigenvalue weighted by atomic mass is 32.2. The summed E-state index contributed by atoms with van der Waals surface area (Å²) in [6, 6.07) is 3.98. The van der Waals surface area contributed by atoms with E-state index in [9.17, 15) is 4.79 Å². The lowest BCUT2D eigenvalue weighted by molar-refractivity contribution is -0.113. The molecule has 9 heteroatoms. The molecule has 0 aliphatic heterocycles. The normalized spacial score (nSPS) is 13.3. The number of rotatable bonds is 6. The van der Waals surface area contributed by atoms with Crippen LogP contribution in [0.5, 0.6) is 0 Å². The molecule has 29 heavy (non-hydrogen) atoms. The van der Waals surface area contributed by atoms with Crippen molar-refractivity contribution in [1.29, 1.82) is 5.26 Å². The topological polar surface area (TPSA) is 83.6 Å². The smallest absolute Gasteiger partial charge is 0.235 e. The molecule has 0 saturated heterocycles. The number of anilines is 1. The number of aryl methyl sites for hydroxylation is 1. The summed E-state index contributed by atoms with van der Waals surface area (Å²) >= 11 is 4.55. The fraction of sp³-hybridized carbons (Fsp3) is 0.400. The molecule has 150 valence electrons. The summed E-state index contributed by atoms with van der Waals surface area (Å²) in [7, 11) is 0. The molecule has 4 rings (SSSR count). The lowest BCUT2D eigenvalue weighted by Gasteiger charge is -2.16. The van der Waals surface area contributed by atoms with Gasteiger partial charge in [-0.2, -0.15) is 5.26 Å². The zero-order chi connectivity index (χ0) is 20.4. The molecule has 1 amide bonds. The van der Waals surface area contributed by atoms with Crippen molar-refractivity contribution in [2.24, 2.45) is 0 Å². The van der Waals surface area contributed by atoms with E-state index in [0.29, 0.717) is 10.6 Å². The number of fused-ring (bicyclic) bond motifs is 1. The third-order valence-electron chi connectivity index (χ3n) is 4.85. The van der Waals surface area contributed by atoms with E-state index in [-0.39, 0.29) is 17.7 Å². The molecule has 1 aliphatic rings. The summed E-state index contributed by atoms with van der Waals surface area (Å²) in [5, 5.41) is 26.1. The number of amides is 1. The Morgan fingerprint density at radius 3 is 2.97 bits per heavy atom. The molecule has 0 saturated carbocycles. The maximum Gasteiger partial charge on any atom is 0.235 e. The minimum Gasteiger partial charge on any atom is -0.316 e. The number of nitriles is 1. The van der Waals surface area contributed by atoms with Gasteiger partial charge in [0, 0.05) is 21.9 Å². The Labute approximate surface area is 182 Å². The van der Waals surface area contributed by atoms with Gasteiger partial charge in [-0.25, -0.2) is 0 Å². The summed E-state index contributed by atoms with van der Waals surface area (Å²) < 4.78 is 2.13. The van der Waals surface area contributed by atoms with Gasteiger partial charge in [-0.05, 0) is 56.5 Å². The SMILES string of the molecule is CC(C)n1c(SCC(=O)Nc2sccc2C#N)nnc1-c1csc2c1CCCC2. The third-order valence-corrected chi connectivity index (χ3v) is 7.72. The van der Waals surface area contributed by atoms with Crippen LogP contribution in [0, 0.1) is 11.3 Å². The first kappa shape index (κ1) is 20.1. The number of aromatic nitrogens is 3. The Kier molecular flexibility index (Phi) is 6.04. The summed E-state index contributed by atoms with van der Waals surface area (Å²) in [6.07, 6.45) is 4.75. The zero-order valence-electron chi connectivity index (χ0n) is 16.3. The first-order chi connectivity index (χ1) is 14.1. The Morgan fingerprint density at radius 1 is 1.34 bits per heavy atom. The lowest BCUT2D eigenvalue weighted by Crippen LogP contribution is -2.15. The first-order valence-electron chi connectivity index (χ1n) is 9.53. The van der Waals surface area contributed by atoms with E-state index >= 15 is 0 Å². The maximum absolute atomic E-state index is 12.4. The Morgan fingerprint density at radius 2 is 2.17 bits per heavy atom. The molecule has 0 unspecified atom stereocenters. The van der Waals surface area contributed by atoms with Crippen LogP contribution in [0.3, 0.4) is 0 Å². The van der Waals surface area contributed by atoms with E-state index in [2.05, 4.69) is 45.4 Å². The molecule has 0 bridgehead atoms. The van der Waals surface area contributed by atoms with Crippen LogP contribution in [-0.2, 0) is 17.6 Å². The molecule has 3 heterocycles. The zero-order valence-corrected chi connectivity index (χ0v) is 18.7. The second-order valence-electron chi connectivity index (χ2n) is 7.14. The van der Waals surface area contributed by atoms with Crippen molar-refractivity contribution < 1.29 is 4.79 Å². The quantitative estimate of drug-likeness (QED) is 0.534. The van der Waals surface area contributed by atoms with E-state index < -0.39 is 0 Å². The molecule has 0 spiro atoms. The van der Waals surface area contributed by atoms with Gasteiger partial charge < -0.3 is 5.32 Å². The average molecular weight is 444 g/mol. The predicted octanol–water partition coefficient (Wildman–Crippen LogP) is 5.13. The van der Waals surface area contributed by atoms with Crippen LogP contribution in [0.1, 0.15) is 48.7 Å². The van der Waals surface area contributed by atoms with Crippen molar-refractivity contribution in [3.63, 3.8) is 0 Å². The fourth-order valence-electron chi connectivity index (χ4n) is 3.49. The first-order valence-corrected chi connectivity index (χ1v) is 12.3. The molecule has 0 fully saturated rings. The highest BCUT2D eigenvalue weighted by molar-refractivity contribution is 7.99. The van der Waals surface area contributed by atoms with Gasteiger partial charge in [0.1, 0.15) is 11.1 Å². The highest BCUT2D eigenvalue weighted by Gasteiger charge is 2.23. The summed E-state index contributed by atoms with van der Waals surface area (Å²) in [5.41, 5.74) is 3.11. The van der Waals surface area contributed by atoms with E-state index in [0.717, 1.165) is 23.8 Å². The van der Waals surface area contributed by atoms with Gasteiger partial charge in [-0.15, -0.1) is 32.9 Å². The molecule has 3 aromatic heterocycles. The molecule has 0 radical (unpaired) electrons. The summed E-state index contributed by atoms with van der Waals surface area (Å²) in [4.78, 5) is 13.8. The number of hydrogen-bond donors (Lipinski definition) is 1. The standard InChI is InChI=1S/C20H21N5OS3/c1-12(2)25-18(15-10-28-16-6-4-3-5-14(15)16)23-24-20(25)29-11-17(26)22-19-13(9-21)7-8-27-19/h7-8,10,12H,3-6,11H2,1-2H3,(H,22,26). The number of carbonyl (C=O) groups excluding carboxylic acids is 1. The molecule has 0 aromatic carbocycles. The van der Waals surface area contributed by atoms with E-state index in [1.54, 1.807) is 11.4 Å². The highest BCUT2D eigenvalue weighted by Crippen LogP contribution is 2.38. The monoisotopic (exact) mass is 443 g/mol. The number of nitrogens with zero attached hydrogens (tertiary/aromatic N) is 4. The number of nitrogens with one attached hydrogen (secondary N) is 1. The molecule has 6 nitrogen and oxygen atoms in total. The minimum absolute atomic E-state index is 0.151. The molecule has 1 aliphatic carbocycles. The van der Waals surface area contributed by atoms with E-state index in [1.165, 1.54) is 51.9 Å². The van der Waals surface area contributed by atoms with Gasteiger partial charge in [-0.1, -0.05) is 11.8 Å². The van der Waals surface area contributed by atoms with Gasteiger partial charge in [0.15, 0.2) is 11.0 Å². The fourth-order valence-corrected chi connectivity index (χ4v) is 6.24. The maximum atomic E-state index is 12.4. The van der Waals surface area contributed by atoms with Gasteiger partial charge in [0.2, 0.25) is 5.91 Å². The molecule has 0 atom stereocenters. The van der Waals surface area contributed by atoms with Crippen molar-refractivity contribution in [3.8, 4) is 17.5 Å². The lowest BCUT2D eigenvalue weighted by atomic mass is 9.95. The van der Waals surface area contributed by atoms with Crippen molar-refractivity contribution in [1.82, 2.24) is 14.8 Å². The molecular formula is C20H21N5OS3. The molecule has 3 aromatic rings. The van der Waals surface area contributed by atoms with Gasteiger partial charge in [-0.3, -0.25) is 9.36 Å². The second-order valence-corrected chi connectivity index (χ2v) is 9.96. The van der Waals surface area contributed by atoms with E-state index in [1.807, 2.05) is 11.3 Å². The van der Waals surface area contributed by atoms with Crippen LogP contribution in [-0.4, -0.2) is 26.4 Å². The minimum atomic E-state index is -0.151. The van der Waals surface area contributed by atoms with Crippen LogP contribution < -0.4 is 5.32 Å². The molecular weight excluding hydrogens is 422 g/mol. The van der Waals surface area contributed by atoms with Crippen LogP contribution in [0.15, 0.2) is 22.0 Å². The summed E-state index contributed by atoms with van der Waals surface area (Å²) in [5.74, 6) is 0.962. The second kappa shape index (κ2) is 8.69. The van der Waals surface area contributed by atoms with E-state index in [4.69, 9.17) is 5.26 Å². The number of thiophene rings is 2. The Balaban J connectivity index is 1.52. The van der Waals surface area contributed by atoms with Crippen LogP contribution in [0.25, 0.3) is 11.4 Å². The largest absolute Gasteiger partial charge is 0.316 e. The number of hydrogen-bond acceptors (Lipinski definition) is 7. The van der Waals surface area contributed by atoms with Crippen molar-refractivity contribution in [2.45, 2.75) is 50.7 Å². The van der Waals surface area contributed by atoms with Gasteiger partial charge >= 0.3 is 0 Å².